The van der Waals surface area contributed by atoms with Gasteiger partial charge in [0.25, 0.3) is 0 Å². The second-order valence-corrected chi connectivity index (χ2v) is 4.10. The van der Waals surface area contributed by atoms with E-state index in [2.05, 4.69) is 6.58 Å². The number of rotatable bonds is 3. The first-order valence-electron chi connectivity index (χ1n) is 5.48. The number of hydrogen-bond donors (Lipinski definition) is 0. The molecule has 17 heavy (non-hydrogen) atoms. The molecule has 0 radical (unpaired) electrons. The highest BCUT2D eigenvalue weighted by molar-refractivity contribution is 5.83. The van der Waals surface area contributed by atoms with Crippen molar-refractivity contribution in [3.63, 3.8) is 0 Å². The maximum Gasteiger partial charge on any atom is 0.336 e. The van der Waals surface area contributed by atoms with Gasteiger partial charge in [-0.05, 0) is 24.6 Å². The summed E-state index contributed by atoms with van der Waals surface area (Å²) >= 11 is 0. The molecule has 0 amide bonds. The summed E-state index contributed by atoms with van der Waals surface area (Å²) in [6.07, 6.45) is 1.83. The predicted octanol–water partition coefficient (Wildman–Crippen LogP) is 2.72. The largest absolute Gasteiger partial charge is 0.423 e. The zero-order valence-electron chi connectivity index (χ0n) is 10.1. The van der Waals surface area contributed by atoms with Crippen molar-refractivity contribution in [2.45, 2.75) is 6.92 Å². The van der Waals surface area contributed by atoms with E-state index in [1.54, 1.807) is 0 Å². The van der Waals surface area contributed by atoms with Crippen LogP contribution in [-0.2, 0) is 0 Å². The first kappa shape index (κ1) is 11.5. The van der Waals surface area contributed by atoms with E-state index in [9.17, 15) is 4.79 Å². The third kappa shape index (κ3) is 2.23. The summed E-state index contributed by atoms with van der Waals surface area (Å²) in [5, 5.41) is 0.973. The van der Waals surface area contributed by atoms with E-state index in [1.165, 1.54) is 6.07 Å². The molecule has 0 unspecified atom stereocenters. The number of likely N-dealkylation sites (N-methyl/N-ethyl adjacent to an activating group) is 1. The highest BCUT2D eigenvalue weighted by atomic mass is 16.4. The highest BCUT2D eigenvalue weighted by Crippen LogP contribution is 2.22. The lowest BCUT2D eigenvalue weighted by Crippen LogP contribution is -2.16. The summed E-state index contributed by atoms with van der Waals surface area (Å²) in [4.78, 5) is 13.4. The normalized spacial score (nSPS) is 10.5. The fourth-order valence-electron chi connectivity index (χ4n) is 1.85. The molecule has 0 bridgehead atoms. The monoisotopic (exact) mass is 229 g/mol. The van der Waals surface area contributed by atoms with Gasteiger partial charge in [-0.1, -0.05) is 6.08 Å². The van der Waals surface area contributed by atoms with Crippen LogP contribution < -0.4 is 10.5 Å². The van der Waals surface area contributed by atoms with Gasteiger partial charge in [0.15, 0.2) is 0 Å². The first-order chi connectivity index (χ1) is 8.11. The Morgan fingerprint density at radius 2 is 2.18 bits per heavy atom. The zero-order chi connectivity index (χ0) is 12.4. The van der Waals surface area contributed by atoms with Crippen LogP contribution in [0.15, 0.2) is 46.1 Å². The molecular formula is C14H15NO2. The molecule has 3 nitrogen and oxygen atoms in total. The van der Waals surface area contributed by atoms with Gasteiger partial charge in [0.05, 0.1) is 0 Å². The SMILES string of the molecule is C=CCN(C)c1ccc2c(C)cc(=O)oc2c1. The van der Waals surface area contributed by atoms with Crippen LogP contribution in [0.4, 0.5) is 5.69 Å². The van der Waals surface area contributed by atoms with Gasteiger partial charge in [0, 0.05) is 36.8 Å². The molecule has 0 saturated carbocycles. The quantitative estimate of drug-likeness (QED) is 0.599. The Labute approximate surface area is 100.0 Å². The van der Waals surface area contributed by atoms with Gasteiger partial charge >= 0.3 is 5.63 Å². The van der Waals surface area contributed by atoms with Gasteiger partial charge in [0.2, 0.25) is 0 Å². The second kappa shape index (κ2) is 4.45. The molecule has 1 heterocycles. The molecule has 0 fully saturated rings. The Kier molecular flexibility index (Phi) is 3.00. The van der Waals surface area contributed by atoms with E-state index < -0.39 is 0 Å². The van der Waals surface area contributed by atoms with Crippen LogP contribution >= 0.6 is 0 Å². The second-order valence-electron chi connectivity index (χ2n) is 4.10. The summed E-state index contributed by atoms with van der Waals surface area (Å²) in [6.45, 7) is 6.36. The van der Waals surface area contributed by atoms with Crippen LogP contribution in [0.25, 0.3) is 11.0 Å². The fraction of sp³-hybridized carbons (Fsp3) is 0.214. The molecule has 0 aliphatic heterocycles. The molecule has 0 N–H and O–H groups in total. The van der Waals surface area contributed by atoms with Crippen LogP contribution in [-0.4, -0.2) is 13.6 Å². The van der Waals surface area contributed by atoms with Crippen molar-refractivity contribution in [3.05, 3.63) is 52.9 Å². The van der Waals surface area contributed by atoms with E-state index in [4.69, 9.17) is 4.42 Å². The van der Waals surface area contributed by atoms with Crippen LogP contribution in [0.2, 0.25) is 0 Å². The number of anilines is 1. The molecule has 0 spiro atoms. The summed E-state index contributed by atoms with van der Waals surface area (Å²) in [6, 6.07) is 7.38. The summed E-state index contributed by atoms with van der Waals surface area (Å²) in [5.41, 5.74) is 2.27. The predicted molar refractivity (Wildman–Crippen MR) is 70.7 cm³/mol. The van der Waals surface area contributed by atoms with Gasteiger partial charge < -0.3 is 9.32 Å². The Morgan fingerprint density at radius 1 is 1.41 bits per heavy atom. The minimum Gasteiger partial charge on any atom is -0.423 e. The first-order valence-corrected chi connectivity index (χ1v) is 5.48. The molecule has 2 aromatic rings. The lowest BCUT2D eigenvalue weighted by Gasteiger charge is -2.17. The summed E-state index contributed by atoms with van der Waals surface area (Å²) in [5.74, 6) is 0. The van der Waals surface area contributed by atoms with Gasteiger partial charge in [-0.15, -0.1) is 6.58 Å². The average Bonchev–Trinajstić information content (AvgIpc) is 2.28. The molecule has 88 valence electrons. The fourth-order valence-corrected chi connectivity index (χ4v) is 1.85. The number of benzene rings is 1. The summed E-state index contributed by atoms with van der Waals surface area (Å²) in [7, 11) is 1.97. The van der Waals surface area contributed by atoms with Gasteiger partial charge in [0.1, 0.15) is 5.58 Å². The maximum atomic E-state index is 11.3. The van der Waals surface area contributed by atoms with E-state index >= 15 is 0 Å². The Bertz CT molecular complexity index is 613. The van der Waals surface area contributed by atoms with E-state index in [0.717, 1.165) is 23.2 Å². The van der Waals surface area contributed by atoms with Crippen LogP contribution in [0.5, 0.6) is 0 Å². The standard InChI is InChI=1S/C14H15NO2/c1-4-7-15(3)11-5-6-12-10(2)8-14(16)17-13(12)9-11/h4-6,8-9H,1,7H2,2-3H3. The van der Waals surface area contributed by atoms with Crippen molar-refractivity contribution in [2.24, 2.45) is 0 Å². The minimum atomic E-state index is -0.307. The lowest BCUT2D eigenvalue weighted by molar-refractivity contribution is 0.560. The maximum absolute atomic E-state index is 11.3. The highest BCUT2D eigenvalue weighted by Gasteiger charge is 2.05. The molecule has 0 saturated heterocycles. The molecule has 1 aromatic heterocycles. The molecule has 3 heteroatoms. The van der Waals surface area contributed by atoms with Gasteiger partial charge in [-0.2, -0.15) is 0 Å². The van der Waals surface area contributed by atoms with Gasteiger partial charge in [-0.3, -0.25) is 0 Å². The molecule has 2 rings (SSSR count). The molecular weight excluding hydrogens is 214 g/mol. The molecule has 0 aliphatic rings. The third-order valence-corrected chi connectivity index (χ3v) is 2.78. The van der Waals surface area contributed by atoms with Crippen molar-refractivity contribution >= 4 is 16.7 Å². The van der Waals surface area contributed by atoms with Gasteiger partial charge in [-0.25, -0.2) is 4.79 Å². The Morgan fingerprint density at radius 3 is 2.88 bits per heavy atom. The van der Waals surface area contributed by atoms with Crippen molar-refractivity contribution < 1.29 is 4.42 Å². The Hall–Kier alpha value is -2.03. The molecule has 0 aliphatic carbocycles. The van der Waals surface area contributed by atoms with Crippen molar-refractivity contribution in [1.29, 1.82) is 0 Å². The smallest absolute Gasteiger partial charge is 0.336 e. The number of aryl methyl sites for hydroxylation is 1. The van der Waals surface area contributed by atoms with E-state index in [0.29, 0.717) is 5.58 Å². The number of hydrogen-bond acceptors (Lipinski definition) is 3. The topological polar surface area (TPSA) is 33.5 Å². The average molecular weight is 229 g/mol. The third-order valence-electron chi connectivity index (χ3n) is 2.78. The van der Waals surface area contributed by atoms with Crippen molar-refractivity contribution in [1.82, 2.24) is 0 Å². The van der Waals surface area contributed by atoms with Crippen LogP contribution in [0, 0.1) is 6.92 Å². The van der Waals surface area contributed by atoms with E-state index in [1.807, 2.05) is 43.1 Å². The lowest BCUT2D eigenvalue weighted by atomic mass is 10.1. The zero-order valence-corrected chi connectivity index (χ0v) is 10.1. The molecule has 0 atom stereocenters. The van der Waals surface area contributed by atoms with Crippen molar-refractivity contribution in [2.75, 3.05) is 18.5 Å². The van der Waals surface area contributed by atoms with Crippen LogP contribution in [0.1, 0.15) is 5.56 Å². The minimum absolute atomic E-state index is 0.307. The number of nitrogens with zero attached hydrogens (tertiary/aromatic N) is 1. The summed E-state index contributed by atoms with van der Waals surface area (Å²) < 4.78 is 5.20. The van der Waals surface area contributed by atoms with Crippen molar-refractivity contribution in [3.8, 4) is 0 Å². The Balaban J connectivity index is 2.57. The van der Waals surface area contributed by atoms with Crippen LogP contribution in [0.3, 0.4) is 0 Å². The number of fused-ring (bicyclic) bond motifs is 1. The van der Waals surface area contributed by atoms with E-state index in [-0.39, 0.29) is 5.63 Å². The molecule has 1 aromatic carbocycles.